The molecule has 0 bridgehead atoms. The minimum Gasteiger partial charge on any atom is -0.373 e. The number of rotatable bonds is 5. The minimum absolute atomic E-state index is 0.0421. The number of nitrogens with one attached hydrogen (secondary N) is 1. The summed E-state index contributed by atoms with van der Waals surface area (Å²) in [6, 6.07) is 9.36. The van der Waals surface area contributed by atoms with E-state index in [2.05, 4.69) is 5.32 Å². The van der Waals surface area contributed by atoms with Gasteiger partial charge in [-0.2, -0.15) is 0 Å². The molecule has 1 amide bonds. The molecule has 0 unspecified atom stereocenters. The summed E-state index contributed by atoms with van der Waals surface area (Å²) in [5.74, 6) is -0.819. The highest BCUT2D eigenvalue weighted by molar-refractivity contribution is 5.93. The van der Waals surface area contributed by atoms with Gasteiger partial charge in [-0.3, -0.25) is 9.59 Å². The molecule has 5 nitrogen and oxygen atoms in total. The topological polar surface area (TPSA) is 60.3 Å². The van der Waals surface area contributed by atoms with Crippen LogP contribution in [0.5, 0.6) is 0 Å². The van der Waals surface area contributed by atoms with E-state index < -0.39 is 11.5 Å². The summed E-state index contributed by atoms with van der Waals surface area (Å²) >= 11 is 0. The van der Waals surface area contributed by atoms with Crippen LogP contribution in [0.15, 0.2) is 47.4 Å². The molecule has 0 spiro atoms. The summed E-state index contributed by atoms with van der Waals surface area (Å²) < 4.78 is 20.8. The highest BCUT2D eigenvalue weighted by Gasteiger charge is 2.30. The van der Waals surface area contributed by atoms with Crippen molar-refractivity contribution in [3.63, 3.8) is 0 Å². The number of aromatic nitrogens is 1. The number of amides is 1. The third-order valence-corrected chi connectivity index (χ3v) is 4.49. The fourth-order valence-electron chi connectivity index (χ4n) is 2.98. The van der Waals surface area contributed by atoms with Crippen molar-refractivity contribution in [3.05, 3.63) is 69.9 Å². The van der Waals surface area contributed by atoms with Crippen molar-refractivity contribution in [3.8, 4) is 0 Å². The first kappa shape index (κ1) is 17.4. The van der Waals surface area contributed by atoms with E-state index in [0.717, 1.165) is 12.8 Å². The average Bonchev–Trinajstić information content (AvgIpc) is 3.04. The normalized spacial score (nSPS) is 19.8. The molecule has 0 radical (unpaired) electrons. The van der Waals surface area contributed by atoms with Gasteiger partial charge < -0.3 is 14.6 Å². The van der Waals surface area contributed by atoms with Crippen LogP contribution in [0.3, 0.4) is 0 Å². The second-order valence-corrected chi connectivity index (χ2v) is 6.53. The van der Waals surface area contributed by atoms with Crippen LogP contribution in [0.2, 0.25) is 0 Å². The van der Waals surface area contributed by atoms with Crippen molar-refractivity contribution in [1.29, 1.82) is 0 Å². The maximum Gasteiger partial charge on any atom is 0.263 e. The zero-order chi connectivity index (χ0) is 17.9. The maximum absolute atomic E-state index is 13.8. The van der Waals surface area contributed by atoms with Crippen LogP contribution < -0.4 is 10.9 Å². The maximum atomic E-state index is 13.8. The molecule has 1 aliphatic heterocycles. The predicted molar refractivity (Wildman–Crippen MR) is 92.1 cm³/mol. The van der Waals surface area contributed by atoms with Gasteiger partial charge in [0.2, 0.25) is 0 Å². The molecule has 6 heteroatoms. The molecule has 0 aliphatic carbocycles. The second kappa shape index (κ2) is 7.19. The van der Waals surface area contributed by atoms with E-state index in [1.54, 1.807) is 30.5 Å². The SMILES string of the molecule is C[C@]1(CNC(=O)c2cccn(Cc3ccccc3F)c2=O)CCCO1. The first-order chi connectivity index (χ1) is 12.0. The van der Waals surface area contributed by atoms with E-state index in [0.29, 0.717) is 18.7 Å². The smallest absolute Gasteiger partial charge is 0.263 e. The molecule has 132 valence electrons. The molecule has 1 aliphatic rings. The monoisotopic (exact) mass is 344 g/mol. The van der Waals surface area contributed by atoms with Gasteiger partial charge in [0.15, 0.2) is 0 Å². The van der Waals surface area contributed by atoms with Gasteiger partial charge >= 0.3 is 0 Å². The highest BCUT2D eigenvalue weighted by atomic mass is 19.1. The largest absolute Gasteiger partial charge is 0.373 e. The number of nitrogens with zero attached hydrogens (tertiary/aromatic N) is 1. The zero-order valence-electron chi connectivity index (χ0n) is 14.1. The Hall–Kier alpha value is -2.47. The molecule has 1 aromatic carbocycles. The number of carbonyl (C=O) groups excluding carboxylic acids is 1. The van der Waals surface area contributed by atoms with Gasteiger partial charge in [-0.1, -0.05) is 18.2 Å². The third-order valence-electron chi connectivity index (χ3n) is 4.49. The van der Waals surface area contributed by atoms with Crippen molar-refractivity contribution in [2.75, 3.05) is 13.2 Å². The quantitative estimate of drug-likeness (QED) is 0.906. The summed E-state index contributed by atoms with van der Waals surface area (Å²) in [6.45, 7) is 3.07. The number of benzene rings is 1. The fourth-order valence-corrected chi connectivity index (χ4v) is 2.98. The molecular formula is C19H21FN2O3. The van der Waals surface area contributed by atoms with Crippen molar-refractivity contribution in [1.82, 2.24) is 9.88 Å². The van der Waals surface area contributed by atoms with Gasteiger partial charge in [0.1, 0.15) is 11.4 Å². The van der Waals surface area contributed by atoms with E-state index in [9.17, 15) is 14.0 Å². The Morgan fingerprint density at radius 3 is 2.84 bits per heavy atom. The van der Waals surface area contributed by atoms with Crippen LogP contribution in [0, 0.1) is 5.82 Å². The molecule has 25 heavy (non-hydrogen) atoms. The number of carbonyl (C=O) groups is 1. The lowest BCUT2D eigenvalue weighted by molar-refractivity contribution is 0.0206. The number of hydrogen-bond acceptors (Lipinski definition) is 3. The van der Waals surface area contributed by atoms with Crippen LogP contribution in [0.1, 0.15) is 35.7 Å². The fraction of sp³-hybridized carbons (Fsp3) is 0.368. The number of halogens is 1. The lowest BCUT2D eigenvalue weighted by Gasteiger charge is -2.23. The second-order valence-electron chi connectivity index (χ2n) is 6.53. The predicted octanol–water partition coefficient (Wildman–Crippen LogP) is 2.33. The zero-order valence-corrected chi connectivity index (χ0v) is 14.1. The van der Waals surface area contributed by atoms with Gasteiger partial charge in [-0.25, -0.2) is 4.39 Å². The third kappa shape index (κ3) is 3.96. The molecular weight excluding hydrogens is 323 g/mol. The standard InChI is InChI=1S/C19H21FN2O3/c1-19(9-5-11-25-19)13-21-17(23)15-7-4-10-22(18(15)24)12-14-6-2-3-8-16(14)20/h2-4,6-8,10H,5,9,11-13H2,1H3,(H,21,23)/t19-/m1/s1. The molecule has 0 saturated carbocycles. The van der Waals surface area contributed by atoms with Crippen LogP contribution in [-0.2, 0) is 11.3 Å². The molecule has 3 rings (SSSR count). The van der Waals surface area contributed by atoms with Gasteiger partial charge in [-0.15, -0.1) is 0 Å². The molecule has 1 fully saturated rings. The van der Waals surface area contributed by atoms with Crippen LogP contribution in [0.4, 0.5) is 4.39 Å². The summed E-state index contributed by atoms with van der Waals surface area (Å²) in [4.78, 5) is 24.9. The number of hydrogen-bond donors (Lipinski definition) is 1. The van der Waals surface area contributed by atoms with E-state index in [1.165, 1.54) is 16.7 Å². The van der Waals surface area contributed by atoms with E-state index in [1.807, 2.05) is 6.92 Å². The van der Waals surface area contributed by atoms with Gasteiger partial charge in [0.05, 0.1) is 12.1 Å². The molecule has 1 atom stereocenters. The van der Waals surface area contributed by atoms with E-state index in [-0.39, 0.29) is 23.5 Å². The summed E-state index contributed by atoms with van der Waals surface area (Å²) in [5.41, 5.74) is -0.383. The highest BCUT2D eigenvalue weighted by Crippen LogP contribution is 2.23. The van der Waals surface area contributed by atoms with Crippen LogP contribution in [0.25, 0.3) is 0 Å². The van der Waals surface area contributed by atoms with E-state index >= 15 is 0 Å². The Morgan fingerprint density at radius 2 is 2.12 bits per heavy atom. The molecule has 1 N–H and O–H groups in total. The van der Waals surface area contributed by atoms with Crippen molar-refractivity contribution >= 4 is 5.91 Å². The Balaban J connectivity index is 1.75. The first-order valence-electron chi connectivity index (χ1n) is 8.33. The molecule has 2 aromatic rings. The minimum atomic E-state index is -0.444. The van der Waals surface area contributed by atoms with Gasteiger partial charge in [-0.05, 0) is 38.0 Å². The van der Waals surface area contributed by atoms with Gasteiger partial charge in [0.25, 0.3) is 11.5 Å². The molecule has 1 saturated heterocycles. The van der Waals surface area contributed by atoms with Crippen LogP contribution >= 0.6 is 0 Å². The lowest BCUT2D eigenvalue weighted by Crippen LogP contribution is -2.42. The van der Waals surface area contributed by atoms with Crippen molar-refractivity contribution < 1.29 is 13.9 Å². The molecule has 1 aromatic heterocycles. The summed E-state index contributed by atoms with van der Waals surface area (Å²) in [5, 5.41) is 2.77. The number of pyridine rings is 1. The van der Waals surface area contributed by atoms with Crippen molar-refractivity contribution in [2.24, 2.45) is 0 Å². The van der Waals surface area contributed by atoms with Crippen molar-refractivity contribution in [2.45, 2.75) is 31.9 Å². The Labute approximate surface area is 145 Å². The Bertz CT molecular complexity index is 825. The van der Waals surface area contributed by atoms with Crippen LogP contribution in [-0.4, -0.2) is 29.2 Å². The Morgan fingerprint density at radius 1 is 1.32 bits per heavy atom. The summed E-state index contributed by atoms with van der Waals surface area (Å²) in [7, 11) is 0. The lowest BCUT2D eigenvalue weighted by atomic mass is 10.0. The van der Waals surface area contributed by atoms with Gasteiger partial charge in [0, 0.05) is 24.9 Å². The first-order valence-corrected chi connectivity index (χ1v) is 8.33. The Kier molecular flexibility index (Phi) is 4.99. The van der Waals surface area contributed by atoms with E-state index in [4.69, 9.17) is 4.74 Å². The number of ether oxygens (including phenoxy) is 1. The molecule has 2 heterocycles. The average molecular weight is 344 g/mol. The summed E-state index contributed by atoms with van der Waals surface area (Å²) in [6.07, 6.45) is 3.39.